The number of thiazole rings is 1. The number of nitrogens with zero attached hydrogens (tertiary/aromatic N) is 1. The van der Waals surface area contributed by atoms with Gasteiger partial charge in [-0.25, -0.2) is 4.98 Å². The van der Waals surface area contributed by atoms with E-state index in [1.54, 1.807) is 7.11 Å². The molecule has 0 fully saturated rings. The van der Waals surface area contributed by atoms with Crippen LogP contribution in [0.3, 0.4) is 0 Å². The van der Waals surface area contributed by atoms with E-state index in [0.29, 0.717) is 0 Å². The summed E-state index contributed by atoms with van der Waals surface area (Å²) in [5.74, 6) is 0. The van der Waals surface area contributed by atoms with Crippen LogP contribution in [0.5, 0.6) is 0 Å². The monoisotopic (exact) mass is 256 g/mol. The van der Waals surface area contributed by atoms with Gasteiger partial charge in [0.2, 0.25) is 0 Å². The molecule has 1 rings (SSSR count). The number of aryl methyl sites for hydroxylation is 2. The van der Waals surface area contributed by atoms with Gasteiger partial charge in [-0.05, 0) is 34.1 Å². The molecule has 1 N–H and O–H groups in total. The topological polar surface area (TPSA) is 34.1 Å². The smallest absolute Gasteiger partial charge is 0.0932 e. The lowest BCUT2D eigenvalue weighted by Gasteiger charge is -2.19. The second-order valence-corrected chi connectivity index (χ2v) is 6.48. The lowest BCUT2D eigenvalue weighted by Crippen LogP contribution is -2.34. The Kier molecular flexibility index (Phi) is 5.56. The van der Waals surface area contributed by atoms with Gasteiger partial charge in [0.25, 0.3) is 0 Å². The summed E-state index contributed by atoms with van der Waals surface area (Å²) >= 11 is 1.82. The van der Waals surface area contributed by atoms with E-state index < -0.39 is 0 Å². The number of methoxy groups -OCH3 is 1. The number of aromatic nitrogens is 1. The molecule has 0 amide bonds. The molecule has 0 aliphatic carbocycles. The summed E-state index contributed by atoms with van der Waals surface area (Å²) in [5.41, 5.74) is 1.33. The molecule has 0 unspecified atom stereocenters. The van der Waals surface area contributed by atoms with Crippen LogP contribution in [0.2, 0.25) is 0 Å². The summed E-state index contributed by atoms with van der Waals surface area (Å²) in [6.07, 6.45) is 2.07. The van der Waals surface area contributed by atoms with E-state index in [0.717, 1.165) is 26.0 Å². The van der Waals surface area contributed by atoms with Crippen LogP contribution in [0.1, 0.15) is 42.8 Å². The summed E-state index contributed by atoms with van der Waals surface area (Å²) in [6, 6.07) is 0. The zero-order chi connectivity index (χ0) is 12.9. The highest BCUT2D eigenvalue weighted by atomic mass is 32.1. The molecule has 0 radical (unpaired) electrons. The van der Waals surface area contributed by atoms with Crippen molar-refractivity contribution >= 4 is 11.3 Å². The first-order valence-corrected chi connectivity index (χ1v) is 6.93. The molecule has 0 aliphatic rings. The van der Waals surface area contributed by atoms with Crippen LogP contribution < -0.4 is 5.32 Å². The fourth-order valence-corrected chi connectivity index (χ4v) is 2.52. The van der Waals surface area contributed by atoms with E-state index in [2.05, 4.69) is 38.0 Å². The normalized spacial score (nSPS) is 12.1. The molecule has 0 spiro atoms. The molecule has 0 atom stereocenters. The molecule has 1 aromatic rings. The van der Waals surface area contributed by atoms with E-state index in [1.165, 1.54) is 15.6 Å². The second kappa shape index (κ2) is 6.47. The van der Waals surface area contributed by atoms with Gasteiger partial charge in [0, 0.05) is 37.1 Å². The zero-order valence-corrected chi connectivity index (χ0v) is 12.4. The fraction of sp³-hybridized carbons (Fsp3) is 0.769. The number of rotatable bonds is 6. The highest BCUT2D eigenvalue weighted by Crippen LogP contribution is 2.20. The van der Waals surface area contributed by atoms with Crippen molar-refractivity contribution in [1.29, 1.82) is 0 Å². The molecule has 1 aromatic heterocycles. The van der Waals surface area contributed by atoms with Crippen molar-refractivity contribution in [3.8, 4) is 0 Å². The molecule has 17 heavy (non-hydrogen) atoms. The van der Waals surface area contributed by atoms with E-state index in [4.69, 9.17) is 4.74 Å². The minimum Gasteiger partial charge on any atom is -0.385 e. The first-order chi connectivity index (χ1) is 7.92. The SMILES string of the molecule is COCCCc1nc(C)c(CNC(C)(C)C)s1. The number of nitrogens with one attached hydrogen (secondary N) is 1. The first kappa shape index (κ1) is 14.6. The summed E-state index contributed by atoms with van der Waals surface area (Å²) in [4.78, 5) is 5.96. The highest BCUT2D eigenvalue weighted by molar-refractivity contribution is 7.11. The van der Waals surface area contributed by atoms with E-state index >= 15 is 0 Å². The summed E-state index contributed by atoms with van der Waals surface area (Å²) in [5, 5.41) is 4.73. The van der Waals surface area contributed by atoms with Gasteiger partial charge in [0.1, 0.15) is 0 Å². The molecule has 0 aromatic carbocycles. The largest absolute Gasteiger partial charge is 0.385 e. The van der Waals surface area contributed by atoms with Crippen molar-refractivity contribution in [2.45, 2.75) is 52.6 Å². The Bertz CT molecular complexity index is 342. The Morgan fingerprint density at radius 2 is 2.06 bits per heavy atom. The molecule has 0 saturated carbocycles. The maximum atomic E-state index is 5.06. The standard InChI is InChI=1S/C13H24N2OS/c1-10-11(9-14-13(2,3)4)17-12(15-10)7-6-8-16-5/h14H,6-9H2,1-5H3. The number of ether oxygens (including phenoxy) is 1. The van der Waals surface area contributed by atoms with Gasteiger partial charge >= 0.3 is 0 Å². The van der Waals surface area contributed by atoms with Crippen LogP contribution in [-0.2, 0) is 17.7 Å². The second-order valence-electron chi connectivity index (χ2n) is 5.32. The van der Waals surface area contributed by atoms with Gasteiger partial charge < -0.3 is 10.1 Å². The van der Waals surface area contributed by atoms with E-state index in [9.17, 15) is 0 Å². The van der Waals surface area contributed by atoms with Crippen molar-refractivity contribution < 1.29 is 4.74 Å². The third-order valence-corrected chi connectivity index (χ3v) is 3.67. The zero-order valence-electron chi connectivity index (χ0n) is 11.6. The van der Waals surface area contributed by atoms with Crippen molar-refractivity contribution in [3.63, 3.8) is 0 Å². The fourth-order valence-electron chi connectivity index (χ4n) is 1.47. The maximum Gasteiger partial charge on any atom is 0.0932 e. The Balaban J connectivity index is 2.50. The predicted octanol–water partition coefficient (Wildman–Crippen LogP) is 2.92. The average molecular weight is 256 g/mol. The van der Waals surface area contributed by atoms with Crippen molar-refractivity contribution in [2.24, 2.45) is 0 Å². The molecule has 1 heterocycles. The summed E-state index contributed by atoms with van der Waals surface area (Å²) < 4.78 is 5.06. The molecule has 0 aliphatic heterocycles. The predicted molar refractivity (Wildman–Crippen MR) is 73.6 cm³/mol. The lowest BCUT2D eigenvalue weighted by molar-refractivity contribution is 0.195. The van der Waals surface area contributed by atoms with Gasteiger partial charge in [-0.15, -0.1) is 11.3 Å². The van der Waals surface area contributed by atoms with Crippen LogP contribution >= 0.6 is 11.3 Å². The number of hydrogen-bond donors (Lipinski definition) is 1. The minimum absolute atomic E-state index is 0.159. The van der Waals surface area contributed by atoms with Crippen LogP contribution in [-0.4, -0.2) is 24.2 Å². The number of hydrogen-bond acceptors (Lipinski definition) is 4. The third kappa shape index (κ3) is 5.61. The van der Waals surface area contributed by atoms with Gasteiger partial charge in [0.15, 0.2) is 0 Å². The quantitative estimate of drug-likeness (QED) is 0.795. The van der Waals surface area contributed by atoms with E-state index in [1.807, 2.05) is 11.3 Å². The van der Waals surface area contributed by atoms with Gasteiger partial charge in [-0.3, -0.25) is 0 Å². The maximum absolute atomic E-state index is 5.06. The third-order valence-electron chi connectivity index (χ3n) is 2.46. The minimum atomic E-state index is 0.159. The molecular weight excluding hydrogens is 232 g/mol. The molecule has 0 bridgehead atoms. The Hall–Kier alpha value is -0.450. The van der Waals surface area contributed by atoms with Crippen molar-refractivity contribution in [1.82, 2.24) is 10.3 Å². The molecule has 4 heteroatoms. The van der Waals surface area contributed by atoms with Crippen molar-refractivity contribution in [3.05, 3.63) is 15.6 Å². The summed E-state index contributed by atoms with van der Waals surface area (Å²) in [6.45, 7) is 10.4. The highest BCUT2D eigenvalue weighted by Gasteiger charge is 2.12. The van der Waals surface area contributed by atoms with Crippen molar-refractivity contribution in [2.75, 3.05) is 13.7 Å². The lowest BCUT2D eigenvalue weighted by atomic mass is 10.1. The molecule has 0 saturated heterocycles. The van der Waals surface area contributed by atoms with Gasteiger partial charge in [0.05, 0.1) is 10.7 Å². The van der Waals surface area contributed by atoms with Gasteiger partial charge in [-0.1, -0.05) is 0 Å². The van der Waals surface area contributed by atoms with Crippen LogP contribution in [0.4, 0.5) is 0 Å². The average Bonchev–Trinajstić information content (AvgIpc) is 2.56. The Morgan fingerprint density at radius 1 is 1.35 bits per heavy atom. The Labute approximate surface area is 109 Å². The molecular formula is C13H24N2OS. The molecule has 3 nitrogen and oxygen atoms in total. The van der Waals surface area contributed by atoms with Crippen LogP contribution in [0.15, 0.2) is 0 Å². The van der Waals surface area contributed by atoms with Crippen LogP contribution in [0.25, 0.3) is 0 Å². The first-order valence-electron chi connectivity index (χ1n) is 6.11. The van der Waals surface area contributed by atoms with Gasteiger partial charge in [-0.2, -0.15) is 0 Å². The van der Waals surface area contributed by atoms with E-state index in [-0.39, 0.29) is 5.54 Å². The summed E-state index contributed by atoms with van der Waals surface area (Å²) in [7, 11) is 1.74. The molecule has 98 valence electrons. The van der Waals surface area contributed by atoms with Crippen LogP contribution in [0, 0.1) is 6.92 Å². The Morgan fingerprint density at radius 3 is 2.65 bits per heavy atom.